The largest absolute Gasteiger partial charge is 0.488 e. The maximum atomic E-state index is 12.0. The van der Waals surface area contributed by atoms with Gasteiger partial charge in [-0.2, -0.15) is 0 Å². The molecular weight excluding hydrogens is 1320 g/mol. The highest BCUT2D eigenvalue weighted by Gasteiger charge is 2.14. The summed E-state index contributed by atoms with van der Waals surface area (Å²) in [5, 5.41) is 0. The second-order valence-electron chi connectivity index (χ2n) is 12.4. The zero-order valence-corrected chi connectivity index (χ0v) is 41.8. The first-order chi connectivity index (χ1) is 23.8. The average molecular weight is 1370 g/mol. The summed E-state index contributed by atoms with van der Waals surface area (Å²) in [6.07, 6.45) is 15.2. The van der Waals surface area contributed by atoms with Crippen LogP contribution in [0.15, 0.2) is 24.3 Å². The van der Waals surface area contributed by atoms with Crippen molar-refractivity contribution in [3.05, 3.63) is 45.7 Å². The number of ether oxygens (including phenoxy) is 4. The predicted octanol–water partition coefficient (Wildman–Crippen LogP) is 12.4. The van der Waals surface area contributed by atoms with Crippen LogP contribution in [-0.2, 0) is 23.9 Å². The third-order valence-corrected chi connectivity index (χ3v) is 12.3. The monoisotopic (exact) mass is 1370 g/mol. The SMILES string of the molecule is CC(CCCCCCCCC(=O)OCC(=O)COC(=O)CCCCCCCCC(C)Oc1c(I)cc(I)cc1I)Oc1c(I)cc(I)cc1I. The van der Waals surface area contributed by atoms with Crippen LogP contribution in [0.2, 0.25) is 0 Å². The minimum absolute atomic E-state index is 0.170. The van der Waals surface area contributed by atoms with Gasteiger partial charge in [-0.05, 0) is 212 Å². The van der Waals surface area contributed by atoms with E-state index in [0.717, 1.165) is 116 Å². The van der Waals surface area contributed by atoms with Crippen molar-refractivity contribution in [2.45, 2.75) is 129 Å². The first-order valence-electron chi connectivity index (χ1n) is 17.3. The van der Waals surface area contributed by atoms with Gasteiger partial charge in [0.25, 0.3) is 0 Å². The number of ketones is 1. The summed E-state index contributed by atoms with van der Waals surface area (Å²) >= 11 is 14.0. The Labute approximate surface area is 380 Å². The van der Waals surface area contributed by atoms with Crippen LogP contribution in [0, 0.1) is 21.4 Å². The van der Waals surface area contributed by atoms with Crippen molar-refractivity contribution in [2.75, 3.05) is 13.2 Å². The summed E-state index contributed by atoms with van der Waals surface area (Å²) < 4.78 is 29.6. The normalized spacial score (nSPS) is 12.3. The topological polar surface area (TPSA) is 88.1 Å². The first kappa shape index (κ1) is 47.2. The minimum Gasteiger partial charge on any atom is -0.488 e. The molecule has 2 aromatic rings. The van der Waals surface area contributed by atoms with Crippen molar-refractivity contribution in [1.82, 2.24) is 0 Å². The third kappa shape index (κ3) is 21.2. The highest BCUT2D eigenvalue weighted by Crippen LogP contribution is 2.32. The highest BCUT2D eigenvalue weighted by molar-refractivity contribution is 14.1. The summed E-state index contributed by atoms with van der Waals surface area (Å²) in [5.41, 5.74) is 0. The molecule has 0 fully saturated rings. The van der Waals surface area contributed by atoms with Crippen molar-refractivity contribution < 1.29 is 33.3 Å². The Kier molecular flexibility index (Phi) is 26.0. The number of halogens is 6. The van der Waals surface area contributed by atoms with Crippen LogP contribution >= 0.6 is 136 Å². The number of carbonyl (C=O) groups excluding carboxylic acids is 3. The Morgan fingerprint density at radius 1 is 0.500 bits per heavy atom. The lowest BCUT2D eigenvalue weighted by molar-refractivity contribution is -0.153. The lowest BCUT2D eigenvalue weighted by Crippen LogP contribution is -2.20. The Morgan fingerprint density at radius 3 is 1.14 bits per heavy atom. The smallest absolute Gasteiger partial charge is 0.306 e. The van der Waals surface area contributed by atoms with Crippen LogP contribution < -0.4 is 9.47 Å². The number of carbonyl (C=O) groups is 3. The highest BCUT2D eigenvalue weighted by atomic mass is 127. The van der Waals surface area contributed by atoms with Gasteiger partial charge in [0, 0.05) is 20.0 Å². The van der Waals surface area contributed by atoms with Gasteiger partial charge in [-0.25, -0.2) is 0 Å². The van der Waals surface area contributed by atoms with Gasteiger partial charge in [0.15, 0.2) is 13.2 Å². The molecule has 0 heterocycles. The fraction of sp³-hybridized carbons (Fsp3) is 0.595. The number of rotatable bonds is 26. The lowest BCUT2D eigenvalue weighted by atomic mass is 10.1. The fourth-order valence-electron chi connectivity index (χ4n) is 5.13. The number of Topliss-reactive ketones (excluding diaryl/α,β-unsaturated/α-hetero) is 1. The minimum atomic E-state index is -0.402. The number of esters is 2. The third-order valence-electron chi connectivity index (χ3n) is 7.84. The van der Waals surface area contributed by atoms with E-state index in [2.05, 4.69) is 174 Å². The quantitative estimate of drug-likeness (QED) is 0.0527. The molecule has 0 radical (unpaired) electrons. The van der Waals surface area contributed by atoms with E-state index in [1.165, 1.54) is 7.14 Å². The van der Waals surface area contributed by atoms with Crippen LogP contribution in [-0.4, -0.2) is 43.1 Å². The zero-order chi connectivity index (χ0) is 36.9. The average Bonchev–Trinajstić information content (AvgIpc) is 3.04. The van der Waals surface area contributed by atoms with Crippen molar-refractivity contribution in [2.24, 2.45) is 0 Å². The first-order valence-corrected chi connectivity index (χ1v) is 23.8. The molecule has 0 aromatic heterocycles. The van der Waals surface area contributed by atoms with Crippen LogP contribution in [0.4, 0.5) is 0 Å². The second-order valence-corrected chi connectivity index (χ2v) is 19.6. The molecule has 0 spiro atoms. The van der Waals surface area contributed by atoms with Crippen molar-refractivity contribution in [1.29, 1.82) is 0 Å². The Morgan fingerprint density at radius 2 is 0.800 bits per heavy atom. The zero-order valence-electron chi connectivity index (χ0n) is 28.8. The molecule has 13 heteroatoms. The number of hydrogen-bond donors (Lipinski definition) is 0. The lowest BCUT2D eigenvalue weighted by Gasteiger charge is -2.17. The standard InChI is InChI=1S/C37H48I6O7/c1-25(49-36-30(40)19-27(38)20-31(36)41)15-11-7-3-5-9-13-17-34(45)47-23-29(44)24-48-35(46)18-14-10-6-4-8-12-16-26(2)50-37-32(42)21-28(39)22-33(37)43/h19-22,25-26H,3-18,23-24H2,1-2H3. The Hall–Kier alpha value is 1.03. The van der Waals surface area contributed by atoms with Crippen LogP contribution in [0.1, 0.15) is 117 Å². The van der Waals surface area contributed by atoms with Gasteiger partial charge < -0.3 is 18.9 Å². The molecule has 280 valence electrons. The molecule has 0 saturated heterocycles. The van der Waals surface area contributed by atoms with E-state index >= 15 is 0 Å². The van der Waals surface area contributed by atoms with Crippen molar-refractivity contribution in [3.8, 4) is 11.5 Å². The van der Waals surface area contributed by atoms with Gasteiger partial charge in [-0.3, -0.25) is 14.4 Å². The summed E-state index contributed by atoms with van der Waals surface area (Å²) in [6, 6.07) is 8.54. The summed E-state index contributed by atoms with van der Waals surface area (Å²) in [5.74, 6) is 0.795. The maximum Gasteiger partial charge on any atom is 0.306 e. The fourth-order valence-corrected chi connectivity index (χ4v) is 12.8. The van der Waals surface area contributed by atoms with Crippen LogP contribution in [0.5, 0.6) is 11.5 Å². The molecule has 2 atom stereocenters. The molecule has 0 N–H and O–H groups in total. The molecule has 0 amide bonds. The van der Waals surface area contributed by atoms with Crippen molar-refractivity contribution >= 4 is 153 Å². The Balaban J connectivity index is 1.38. The molecule has 0 bridgehead atoms. The molecule has 0 saturated carbocycles. The van der Waals surface area contributed by atoms with Gasteiger partial charge in [0.2, 0.25) is 5.78 Å². The van der Waals surface area contributed by atoms with Crippen LogP contribution in [0.25, 0.3) is 0 Å². The van der Waals surface area contributed by atoms with Gasteiger partial charge in [0.1, 0.15) is 11.5 Å². The van der Waals surface area contributed by atoms with E-state index in [9.17, 15) is 14.4 Å². The van der Waals surface area contributed by atoms with E-state index in [1.54, 1.807) is 0 Å². The van der Waals surface area contributed by atoms with E-state index in [-0.39, 0.29) is 37.4 Å². The van der Waals surface area contributed by atoms with E-state index in [4.69, 9.17) is 18.9 Å². The summed E-state index contributed by atoms with van der Waals surface area (Å²) in [7, 11) is 0. The molecular formula is C37H48I6O7. The van der Waals surface area contributed by atoms with Gasteiger partial charge in [0.05, 0.1) is 26.5 Å². The maximum absolute atomic E-state index is 12.0. The van der Waals surface area contributed by atoms with Crippen LogP contribution in [0.3, 0.4) is 0 Å². The molecule has 50 heavy (non-hydrogen) atoms. The van der Waals surface area contributed by atoms with Crippen molar-refractivity contribution in [3.63, 3.8) is 0 Å². The number of unbranched alkanes of at least 4 members (excludes halogenated alkanes) is 10. The molecule has 0 aliphatic rings. The Bertz CT molecular complexity index is 1210. The second kappa shape index (κ2) is 27.6. The molecule has 0 aliphatic carbocycles. The number of hydrogen-bond acceptors (Lipinski definition) is 7. The predicted molar refractivity (Wildman–Crippen MR) is 250 cm³/mol. The van der Waals surface area contributed by atoms with E-state index < -0.39 is 5.78 Å². The van der Waals surface area contributed by atoms with E-state index in [1.807, 2.05) is 0 Å². The summed E-state index contributed by atoms with van der Waals surface area (Å²) in [6.45, 7) is 3.56. The molecule has 0 aliphatic heterocycles. The van der Waals surface area contributed by atoms with Gasteiger partial charge in [-0.1, -0.05) is 51.4 Å². The molecule has 2 aromatic carbocycles. The molecule has 2 rings (SSSR count). The van der Waals surface area contributed by atoms with E-state index in [0.29, 0.717) is 12.8 Å². The number of benzene rings is 2. The van der Waals surface area contributed by atoms with Gasteiger partial charge >= 0.3 is 11.9 Å². The molecule has 2 unspecified atom stereocenters. The van der Waals surface area contributed by atoms with Gasteiger partial charge in [-0.15, -0.1) is 0 Å². The molecule has 7 nitrogen and oxygen atoms in total. The summed E-state index contributed by atoms with van der Waals surface area (Å²) in [4.78, 5) is 36.1.